The minimum Gasteiger partial charge on any atom is -0.328 e. The van der Waals surface area contributed by atoms with E-state index in [9.17, 15) is 9.59 Å². The number of halogens is 5. The number of carbonyl (C=O) groups is 2. The van der Waals surface area contributed by atoms with Crippen molar-refractivity contribution in [1.29, 1.82) is 0 Å². The first-order valence-corrected chi connectivity index (χ1v) is 8.37. The number of nitrogens with two attached hydrogens (primary N) is 1. The fraction of sp³-hybridized carbons (Fsp3) is 0.538. The Balaban J connectivity index is 3.12. The highest BCUT2D eigenvalue weighted by Gasteiger charge is 2.42. The van der Waals surface area contributed by atoms with Crippen LogP contribution in [0.15, 0.2) is 21.8 Å². The van der Waals surface area contributed by atoms with Gasteiger partial charge in [0.25, 0.3) is 5.91 Å². The van der Waals surface area contributed by atoms with Crippen molar-refractivity contribution in [3.8, 4) is 0 Å². The van der Waals surface area contributed by atoms with E-state index in [2.05, 4.69) is 0 Å². The number of rotatable bonds is 3. The van der Waals surface area contributed by atoms with Crippen LogP contribution in [0.25, 0.3) is 0 Å². The number of amides is 2. The van der Waals surface area contributed by atoms with Crippen LogP contribution in [0.3, 0.4) is 0 Å². The van der Waals surface area contributed by atoms with Gasteiger partial charge < -0.3 is 15.5 Å². The van der Waals surface area contributed by atoms with Gasteiger partial charge in [0, 0.05) is 14.1 Å². The van der Waals surface area contributed by atoms with E-state index in [4.69, 9.17) is 63.7 Å². The molecule has 0 bridgehead atoms. The maximum atomic E-state index is 12.5. The molecular weight excluding hydrogens is 407 g/mol. The van der Waals surface area contributed by atoms with Gasteiger partial charge in [0.2, 0.25) is 9.70 Å². The number of allylic oxidation sites excluding steroid dienone is 2. The van der Waals surface area contributed by atoms with Crippen LogP contribution >= 0.6 is 58.0 Å². The number of carbonyl (C=O) groups excluding carboxylic acids is 2. The molecule has 2 atom stereocenters. The lowest BCUT2D eigenvalue weighted by Crippen LogP contribution is -2.58. The van der Waals surface area contributed by atoms with Crippen molar-refractivity contribution in [2.24, 2.45) is 5.73 Å². The normalized spacial score (nSPS) is 22.7. The molecule has 5 nitrogen and oxygen atoms in total. The number of hydrogen-bond acceptors (Lipinski definition) is 3. The summed E-state index contributed by atoms with van der Waals surface area (Å²) in [6.07, 6.45) is 1.46. The third-order valence-electron chi connectivity index (χ3n) is 3.53. The number of piperazine rings is 1. The molecule has 1 aliphatic heterocycles. The molecule has 0 aromatic carbocycles. The highest BCUT2D eigenvalue weighted by molar-refractivity contribution is 6.68. The second-order valence-electron chi connectivity index (χ2n) is 5.19. The van der Waals surface area contributed by atoms with Crippen LogP contribution in [0.2, 0.25) is 0 Å². The minimum atomic E-state index is -1.73. The lowest BCUT2D eigenvalue weighted by atomic mass is 10.0. The summed E-state index contributed by atoms with van der Waals surface area (Å²) in [7, 11) is 2.96. The molecule has 23 heavy (non-hydrogen) atoms. The number of hydrogen-bond donors (Lipinski definition) is 1. The van der Waals surface area contributed by atoms with E-state index in [0.29, 0.717) is 5.57 Å². The molecule has 0 aromatic rings. The Labute approximate surface area is 159 Å². The highest BCUT2D eigenvalue weighted by Crippen LogP contribution is 2.33. The maximum Gasteiger partial charge on any atom is 0.270 e. The van der Waals surface area contributed by atoms with E-state index in [-0.39, 0.29) is 28.4 Å². The Morgan fingerprint density at radius 2 is 1.83 bits per heavy atom. The second kappa shape index (κ2) is 7.81. The summed E-state index contributed by atoms with van der Waals surface area (Å²) in [4.78, 5) is 27.5. The topological polar surface area (TPSA) is 66.6 Å². The van der Waals surface area contributed by atoms with E-state index in [1.165, 1.54) is 30.0 Å². The van der Waals surface area contributed by atoms with Crippen molar-refractivity contribution in [3.63, 3.8) is 0 Å². The average Bonchev–Trinajstić information content (AvgIpc) is 2.44. The number of nitrogens with zero attached hydrogens (tertiary/aromatic N) is 2. The SMILES string of the molecule is CC(/C=C1/C(=O)N(C)C(CC(N)C(Cl)(Cl)Cl)C(=O)N1C)=C(Cl)Cl. The molecule has 130 valence electrons. The van der Waals surface area contributed by atoms with Gasteiger partial charge in [-0.3, -0.25) is 9.59 Å². The van der Waals surface area contributed by atoms with Crippen molar-refractivity contribution in [2.45, 2.75) is 29.2 Å². The Morgan fingerprint density at radius 1 is 1.30 bits per heavy atom. The molecule has 1 heterocycles. The Morgan fingerprint density at radius 3 is 2.26 bits per heavy atom. The van der Waals surface area contributed by atoms with Gasteiger partial charge in [0.1, 0.15) is 16.2 Å². The average molecular weight is 424 g/mol. The summed E-state index contributed by atoms with van der Waals surface area (Å²) >= 11 is 28.6. The van der Waals surface area contributed by atoms with Gasteiger partial charge in [-0.25, -0.2) is 0 Å². The van der Waals surface area contributed by atoms with Crippen LogP contribution in [0.4, 0.5) is 0 Å². The van der Waals surface area contributed by atoms with Gasteiger partial charge >= 0.3 is 0 Å². The van der Waals surface area contributed by atoms with E-state index in [1.54, 1.807) is 6.92 Å². The number of alkyl halides is 3. The lowest BCUT2D eigenvalue weighted by molar-refractivity contribution is -0.148. The third-order valence-corrected chi connectivity index (χ3v) is 4.97. The molecular formula is C13H16Cl5N3O2. The Kier molecular flexibility index (Phi) is 7.09. The van der Waals surface area contributed by atoms with Crippen molar-refractivity contribution >= 4 is 69.8 Å². The van der Waals surface area contributed by atoms with Gasteiger partial charge in [-0.15, -0.1) is 0 Å². The lowest BCUT2D eigenvalue weighted by Gasteiger charge is -2.39. The fourth-order valence-corrected chi connectivity index (χ4v) is 2.40. The monoisotopic (exact) mass is 421 g/mol. The fourth-order valence-electron chi connectivity index (χ4n) is 2.02. The molecule has 0 radical (unpaired) electrons. The van der Waals surface area contributed by atoms with Crippen molar-refractivity contribution in [3.05, 3.63) is 21.8 Å². The van der Waals surface area contributed by atoms with Crippen LogP contribution in [0, 0.1) is 0 Å². The summed E-state index contributed by atoms with van der Waals surface area (Å²) in [5.41, 5.74) is 6.40. The first-order chi connectivity index (χ1) is 10.4. The summed E-state index contributed by atoms with van der Waals surface area (Å²) < 4.78 is -1.72. The summed E-state index contributed by atoms with van der Waals surface area (Å²) in [5.74, 6) is -0.732. The molecule has 2 N–H and O–H groups in total. The van der Waals surface area contributed by atoms with E-state index in [0.717, 1.165) is 0 Å². The zero-order valence-electron chi connectivity index (χ0n) is 12.6. The summed E-state index contributed by atoms with van der Waals surface area (Å²) in [6, 6.07) is -1.74. The molecule has 1 aliphatic rings. The van der Waals surface area contributed by atoms with E-state index in [1.807, 2.05) is 0 Å². The standard InChI is InChI=1S/C13H16Cl5N3O2/c1-6(10(14)15)4-7-11(22)21(3)8(12(23)20(7)2)5-9(19)13(16,17)18/h4,8-9H,5,19H2,1-3H3/b7-4-. The minimum absolute atomic E-state index is 0.00847. The van der Waals surface area contributed by atoms with Crippen LogP contribution in [-0.2, 0) is 9.59 Å². The molecule has 0 aliphatic carbocycles. The zero-order valence-corrected chi connectivity index (χ0v) is 16.4. The van der Waals surface area contributed by atoms with Crippen LogP contribution < -0.4 is 5.73 Å². The summed E-state index contributed by atoms with van der Waals surface area (Å²) in [6.45, 7) is 1.62. The van der Waals surface area contributed by atoms with Crippen molar-refractivity contribution in [1.82, 2.24) is 9.80 Å². The number of likely N-dealkylation sites (N-methyl/N-ethyl adjacent to an activating group) is 2. The maximum absolute atomic E-state index is 12.5. The Bertz CT molecular complexity index is 566. The van der Waals surface area contributed by atoms with Crippen LogP contribution in [0.1, 0.15) is 13.3 Å². The van der Waals surface area contributed by atoms with Crippen LogP contribution in [-0.4, -0.2) is 51.6 Å². The molecule has 1 saturated heterocycles. The molecule has 1 rings (SSSR count). The van der Waals surface area contributed by atoms with Crippen LogP contribution in [0.5, 0.6) is 0 Å². The molecule has 0 saturated carbocycles. The molecule has 0 spiro atoms. The predicted octanol–water partition coefficient (Wildman–Crippen LogP) is 2.97. The Hall–Kier alpha value is -0.170. The summed E-state index contributed by atoms with van der Waals surface area (Å²) in [5, 5.41) is 0. The molecule has 2 unspecified atom stereocenters. The van der Waals surface area contributed by atoms with Gasteiger partial charge in [-0.1, -0.05) is 58.0 Å². The molecule has 10 heteroatoms. The van der Waals surface area contributed by atoms with Crippen molar-refractivity contribution < 1.29 is 9.59 Å². The third kappa shape index (κ3) is 4.91. The van der Waals surface area contributed by atoms with Crippen molar-refractivity contribution in [2.75, 3.05) is 14.1 Å². The smallest absolute Gasteiger partial charge is 0.270 e. The molecule has 0 aromatic heterocycles. The first-order valence-electron chi connectivity index (χ1n) is 6.48. The molecule has 1 fully saturated rings. The zero-order chi connectivity index (χ0) is 18.1. The van der Waals surface area contributed by atoms with Gasteiger partial charge in [0.05, 0.1) is 6.04 Å². The van der Waals surface area contributed by atoms with Gasteiger partial charge in [-0.05, 0) is 25.0 Å². The van der Waals surface area contributed by atoms with E-state index >= 15 is 0 Å². The van der Waals surface area contributed by atoms with Gasteiger partial charge in [-0.2, -0.15) is 0 Å². The van der Waals surface area contributed by atoms with E-state index < -0.39 is 15.9 Å². The second-order valence-corrected chi connectivity index (χ2v) is 8.50. The van der Waals surface area contributed by atoms with Gasteiger partial charge in [0.15, 0.2) is 0 Å². The first kappa shape index (κ1) is 20.9. The molecule has 2 amide bonds. The predicted molar refractivity (Wildman–Crippen MR) is 94.7 cm³/mol. The highest BCUT2D eigenvalue weighted by atomic mass is 35.6. The quantitative estimate of drug-likeness (QED) is 0.561. The largest absolute Gasteiger partial charge is 0.328 e.